The zero-order valence-electron chi connectivity index (χ0n) is 11.1. The lowest BCUT2D eigenvalue weighted by molar-refractivity contribution is 0.0891. The first-order valence-corrected chi connectivity index (χ1v) is 6.93. The van der Waals surface area contributed by atoms with E-state index in [1.165, 1.54) is 0 Å². The molecule has 0 fully saturated rings. The van der Waals surface area contributed by atoms with Crippen LogP contribution in [0.4, 0.5) is 0 Å². The molecule has 0 spiro atoms. The van der Waals surface area contributed by atoms with Crippen molar-refractivity contribution in [1.29, 1.82) is 0 Å². The van der Waals surface area contributed by atoms with Crippen LogP contribution >= 0.6 is 15.9 Å². The molecule has 1 unspecified atom stereocenters. The van der Waals surface area contributed by atoms with Gasteiger partial charge in [-0.1, -0.05) is 29.3 Å². The summed E-state index contributed by atoms with van der Waals surface area (Å²) in [7, 11) is 1.65. The molecule has 18 heavy (non-hydrogen) atoms. The van der Waals surface area contributed by atoms with Crippen molar-refractivity contribution in [1.82, 2.24) is 5.32 Å². The highest BCUT2D eigenvalue weighted by molar-refractivity contribution is 9.10. The molecule has 0 aliphatic carbocycles. The second-order valence-corrected chi connectivity index (χ2v) is 5.35. The molecule has 0 saturated carbocycles. The highest BCUT2D eigenvalue weighted by atomic mass is 79.9. The monoisotopic (exact) mass is 313 g/mol. The van der Waals surface area contributed by atoms with Gasteiger partial charge in [0.1, 0.15) is 0 Å². The van der Waals surface area contributed by atoms with Gasteiger partial charge < -0.3 is 10.1 Å². The lowest BCUT2D eigenvalue weighted by atomic mass is 10.1. The number of carbonyl (C=O) groups excluding carboxylic acids is 1. The third kappa shape index (κ3) is 4.78. The number of halogens is 1. The van der Waals surface area contributed by atoms with Gasteiger partial charge in [-0.05, 0) is 37.1 Å². The molecule has 0 heterocycles. The number of amides is 1. The van der Waals surface area contributed by atoms with E-state index in [9.17, 15) is 4.79 Å². The molecule has 0 aliphatic rings. The number of aryl methyl sites for hydroxylation is 1. The number of ether oxygens (including phenoxy) is 1. The van der Waals surface area contributed by atoms with Gasteiger partial charge in [0, 0.05) is 17.1 Å². The van der Waals surface area contributed by atoms with Crippen LogP contribution in [0.15, 0.2) is 22.7 Å². The standard InChI is InChI=1S/C14H20BrNO2/c1-4-5-13(9-18-3)16-14(17)11-6-10(2)7-12(15)8-11/h6-8,13H,4-5,9H2,1-3H3,(H,16,17). The first-order valence-electron chi connectivity index (χ1n) is 6.13. The minimum atomic E-state index is -0.0464. The molecule has 0 bridgehead atoms. The van der Waals surface area contributed by atoms with Crippen LogP contribution in [0.25, 0.3) is 0 Å². The summed E-state index contributed by atoms with van der Waals surface area (Å²) in [6, 6.07) is 5.77. The number of hydrogen-bond acceptors (Lipinski definition) is 2. The highest BCUT2D eigenvalue weighted by Gasteiger charge is 2.13. The van der Waals surface area contributed by atoms with E-state index < -0.39 is 0 Å². The lowest BCUT2D eigenvalue weighted by Crippen LogP contribution is -2.37. The fourth-order valence-corrected chi connectivity index (χ4v) is 2.49. The average molecular weight is 314 g/mol. The summed E-state index contributed by atoms with van der Waals surface area (Å²) in [6.45, 7) is 4.62. The van der Waals surface area contributed by atoms with Gasteiger partial charge in [-0.3, -0.25) is 4.79 Å². The van der Waals surface area contributed by atoms with Crippen molar-refractivity contribution in [2.24, 2.45) is 0 Å². The molecular formula is C14H20BrNO2. The third-order valence-corrected chi connectivity index (χ3v) is 3.10. The Hall–Kier alpha value is -0.870. The predicted molar refractivity (Wildman–Crippen MR) is 76.9 cm³/mol. The minimum absolute atomic E-state index is 0.0464. The van der Waals surface area contributed by atoms with Gasteiger partial charge in [0.25, 0.3) is 5.91 Å². The van der Waals surface area contributed by atoms with E-state index in [0.717, 1.165) is 22.9 Å². The van der Waals surface area contributed by atoms with Gasteiger partial charge in [0.15, 0.2) is 0 Å². The van der Waals surface area contributed by atoms with Crippen LogP contribution < -0.4 is 5.32 Å². The summed E-state index contributed by atoms with van der Waals surface area (Å²) in [5.74, 6) is -0.0464. The van der Waals surface area contributed by atoms with Gasteiger partial charge in [-0.15, -0.1) is 0 Å². The Kier molecular flexibility index (Phi) is 6.36. The molecule has 100 valence electrons. The predicted octanol–water partition coefficient (Wildman–Crippen LogP) is 3.30. The number of carbonyl (C=O) groups is 1. The van der Waals surface area contributed by atoms with Crippen molar-refractivity contribution >= 4 is 21.8 Å². The Balaban J connectivity index is 2.73. The van der Waals surface area contributed by atoms with Crippen LogP contribution in [0.2, 0.25) is 0 Å². The van der Waals surface area contributed by atoms with Crippen molar-refractivity contribution in [2.45, 2.75) is 32.7 Å². The summed E-state index contributed by atoms with van der Waals surface area (Å²) in [5, 5.41) is 3.00. The summed E-state index contributed by atoms with van der Waals surface area (Å²) in [4.78, 5) is 12.1. The molecule has 1 N–H and O–H groups in total. The molecule has 1 aromatic rings. The normalized spacial score (nSPS) is 12.2. The van der Waals surface area contributed by atoms with Crippen LogP contribution in [0.3, 0.4) is 0 Å². The van der Waals surface area contributed by atoms with Crippen LogP contribution in [0, 0.1) is 6.92 Å². The van der Waals surface area contributed by atoms with Crippen molar-refractivity contribution in [3.63, 3.8) is 0 Å². The Labute approximate surface area is 117 Å². The molecule has 3 nitrogen and oxygen atoms in total. The third-order valence-electron chi connectivity index (χ3n) is 2.64. The SMILES string of the molecule is CCCC(COC)NC(=O)c1cc(C)cc(Br)c1. The van der Waals surface area contributed by atoms with E-state index >= 15 is 0 Å². The maximum Gasteiger partial charge on any atom is 0.251 e. The summed E-state index contributed by atoms with van der Waals surface area (Å²) in [5.41, 5.74) is 1.74. The molecule has 1 atom stereocenters. The van der Waals surface area contributed by atoms with Crippen LogP contribution in [-0.4, -0.2) is 25.7 Å². The van der Waals surface area contributed by atoms with E-state index in [1.807, 2.05) is 25.1 Å². The fourth-order valence-electron chi connectivity index (χ4n) is 1.88. The molecule has 0 radical (unpaired) electrons. The molecule has 4 heteroatoms. The summed E-state index contributed by atoms with van der Waals surface area (Å²) < 4.78 is 6.04. The molecule has 1 amide bonds. The van der Waals surface area contributed by atoms with E-state index in [-0.39, 0.29) is 11.9 Å². The number of hydrogen-bond donors (Lipinski definition) is 1. The van der Waals surface area contributed by atoms with Crippen molar-refractivity contribution in [3.8, 4) is 0 Å². The molecule has 0 aliphatic heterocycles. The molecular weight excluding hydrogens is 294 g/mol. The quantitative estimate of drug-likeness (QED) is 0.875. The summed E-state index contributed by atoms with van der Waals surface area (Å²) in [6.07, 6.45) is 1.94. The average Bonchev–Trinajstić information content (AvgIpc) is 2.28. The zero-order valence-corrected chi connectivity index (χ0v) is 12.7. The van der Waals surface area contributed by atoms with Gasteiger partial charge in [-0.2, -0.15) is 0 Å². The zero-order chi connectivity index (χ0) is 13.5. The Bertz CT molecular complexity index is 381. The number of methoxy groups -OCH3 is 1. The number of benzene rings is 1. The van der Waals surface area contributed by atoms with E-state index in [4.69, 9.17) is 4.74 Å². The molecule has 1 rings (SSSR count). The van der Waals surface area contributed by atoms with Crippen LogP contribution in [0.1, 0.15) is 35.7 Å². The number of rotatable bonds is 6. The van der Waals surface area contributed by atoms with Crippen LogP contribution in [0.5, 0.6) is 0 Å². The highest BCUT2D eigenvalue weighted by Crippen LogP contribution is 2.15. The van der Waals surface area contributed by atoms with Gasteiger partial charge in [-0.25, -0.2) is 0 Å². The first kappa shape index (κ1) is 15.2. The Morgan fingerprint density at radius 3 is 2.72 bits per heavy atom. The largest absolute Gasteiger partial charge is 0.383 e. The first-order chi connectivity index (χ1) is 8.56. The van der Waals surface area contributed by atoms with E-state index in [2.05, 4.69) is 28.2 Å². The van der Waals surface area contributed by atoms with Gasteiger partial charge in [0.2, 0.25) is 0 Å². The minimum Gasteiger partial charge on any atom is -0.383 e. The Morgan fingerprint density at radius 1 is 1.44 bits per heavy atom. The van der Waals surface area contributed by atoms with Crippen molar-refractivity contribution < 1.29 is 9.53 Å². The van der Waals surface area contributed by atoms with Crippen molar-refractivity contribution in [2.75, 3.05) is 13.7 Å². The molecule has 0 saturated heterocycles. The Morgan fingerprint density at radius 2 is 2.17 bits per heavy atom. The van der Waals surface area contributed by atoms with Gasteiger partial charge >= 0.3 is 0 Å². The second-order valence-electron chi connectivity index (χ2n) is 4.43. The fraction of sp³-hybridized carbons (Fsp3) is 0.500. The molecule has 0 aromatic heterocycles. The molecule has 1 aromatic carbocycles. The van der Waals surface area contributed by atoms with Gasteiger partial charge in [0.05, 0.1) is 12.6 Å². The number of nitrogens with one attached hydrogen (secondary N) is 1. The topological polar surface area (TPSA) is 38.3 Å². The van der Waals surface area contributed by atoms with E-state index in [1.54, 1.807) is 7.11 Å². The maximum atomic E-state index is 12.1. The summed E-state index contributed by atoms with van der Waals surface area (Å²) >= 11 is 3.40. The van der Waals surface area contributed by atoms with E-state index in [0.29, 0.717) is 12.2 Å². The lowest BCUT2D eigenvalue weighted by Gasteiger charge is -2.17. The second kappa shape index (κ2) is 7.54. The maximum absolute atomic E-state index is 12.1. The van der Waals surface area contributed by atoms with Crippen molar-refractivity contribution in [3.05, 3.63) is 33.8 Å². The smallest absolute Gasteiger partial charge is 0.251 e. The van der Waals surface area contributed by atoms with Crippen LogP contribution in [-0.2, 0) is 4.74 Å².